The maximum atomic E-state index is 11.7. The second-order valence-electron chi connectivity index (χ2n) is 4.22. The molecule has 0 spiro atoms. The molecular formula is C13H17NO3S. The van der Waals surface area contributed by atoms with E-state index in [-0.39, 0.29) is 5.91 Å². The van der Waals surface area contributed by atoms with Gasteiger partial charge in [-0.15, -0.1) is 11.8 Å². The number of thioether (sulfide) groups is 1. The molecule has 0 saturated heterocycles. The van der Waals surface area contributed by atoms with Crippen molar-refractivity contribution in [2.45, 2.75) is 37.0 Å². The number of carbonyl (C=O) groups excluding carboxylic acids is 1. The summed E-state index contributed by atoms with van der Waals surface area (Å²) in [5.41, 5.74) is 0.469. The van der Waals surface area contributed by atoms with Crippen LogP contribution in [0.5, 0.6) is 0 Å². The van der Waals surface area contributed by atoms with Gasteiger partial charge in [-0.05, 0) is 31.2 Å². The zero-order valence-electron chi connectivity index (χ0n) is 10.6. The van der Waals surface area contributed by atoms with Crippen LogP contribution in [-0.2, 0) is 4.79 Å². The van der Waals surface area contributed by atoms with E-state index in [1.165, 1.54) is 6.92 Å². The largest absolute Gasteiger partial charge is 0.480 e. The zero-order valence-corrected chi connectivity index (χ0v) is 11.5. The summed E-state index contributed by atoms with van der Waals surface area (Å²) in [6, 6.07) is 6.25. The number of hydrogen-bond donors (Lipinski definition) is 2. The van der Waals surface area contributed by atoms with Gasteiger partial charge in [-0.1, -0.05) is 13.8 Å². The maximum Gasteiger partial charge on any atom is 0.325 e. The van der Waals surface area contributed by atoms with Crippen molar-refractivity contribution in [3.05, 3.63) is 29.8 Å². The highest BCUT2D eigenvalue weighted by Crippen LogP contribution is 2.22. The first-order valence-corrected chi connectivity index (χ1v) is 6.58. The van der Waals surface area contributed by atoms with E-state index in [1.807, 2.05) is 12.1 Å². The monoisotopic (exact) mass is 267 g/mol. The summed E-state index contributed by atoms with van der Waals surface area (Å²) in [5.74, 6) is -1.42. The molecule has 0 aliphatic carbocycles. The van der Waals surface area contributed by atoms with Crippen LogP contribution >= 0.6 is 11.8 Å². The molecule has 1 aromatic rings. The molecule has 0 heterocycles. The molecule has 5 heteroatoms. The normalized spacial score (nSPS) is 12.2. The summed E-state index contributed by atoms with van der Waals surface area (Å²) >= 11 is 1.71. The van der Waals surface area contributed by atoms with Gasteiger partial charge in [-0.2, -0.15) is 0 Å². The van der Waals surface area contributed by atoms with E-state index in [0.717, 1.165) is 4.90 Å². The second kappa shape index (κ2) is 6.44. The van der Waals surface area contributed by atoms with Crippen LogP contribution < -0.4 is 5.32 Å². The molecule has 1 amide bonds. The number of hydrogen-bond acceptors (Lipinski definition) is 3. The summed E-state index contributed by atoms with van der Waals surface area (Å²) in [6.45, 7) is 5.63. The topological polar surface area (TPSA) is 66.4 Å². The van der Waals surface area contributed by atoms with Crippen LogP contribution in [0.2, 0.25) is 0 Å². The Hall–Kier alpha value is -1.49. The summed E-state index contributed by atoms with van der Waals surface area (Å²) in [6.07, 6.45) is 0. The SMILES string of the molecule is CC(C)Sc1ccc(C(=O)N[C@H](C)C(=O)O)cc1. The maximum absolute atomic E-state index is 11.7. The first-order chi connectivity index (χ1) is 8.40. The average molecular weight is 267 g/mol. The zero-order chi connectivity index (χ0) is 13.7. The predicted molar refractivity (Wildman–Crippen MR) is 72.0 cm³/mol. The lowest BCUT2D eigenvalue weighted by Gasteiger charge is -2.10. The number of carboxylic acid groups (broad SMARTS) is 1. The number of benzene rings is 1. The molecule has 0 unspecified atom stereocenters. The Bertz CT molecular complexity index is 428. The Kier molecular flexibility index (Phi) is 5.22. The third-order valence-corrected chi connectivity index (χ3v) is 3.22. The van der Waals surface area contributed by atoms with Gasteiger partial charge in [0.1, 0.15) is 6.04 Å². The third-order valence-electron chi connectivity index (χ3n) is 2.21. The third kappa shape index (κ3) is 4.41. The van der Waals surface area contributed by atoms with Crippen LogP contribution in [0.1, 0.15) is 31.1 Å². The smallest absolute Gasteiger partial charge is 0.325 e. The molecule has 2 N–H and O–H groups in total. The molecule has 1 atom stereocenters. The van der Waals surface area contributed by atoms with Crippen molar-refractivity contribution in [1.29, 1.82) is 0 Å². The number of carbonyl (C=O) groups is 2. The minimum absolute atomic E-state index is 0.369. The quantitative estimate of drug-likeness (QED) is 0.804. The molecule has 0 radical (unpaired) electrons. The average Bonchev–Trinajstić information content (AvgIpc) is 2.28. The van der Waals surface area contributed by atoms with Crippen LogP contribution in [0.25, 0.3) is 0 Å². The summed E-state index contributed by atoms with van der Waals surface area (Å²) < 4.78 is 0. The first kappa shape index (κ1) is 14.6. The number of aliphatic carboxylic acids is 1. The van der Waals surface area contributed by atoms with Crippen LogP contribution in [0.15, 0.2) is 29.2 Å². The van der Waals surface area contributed by atoms with E-state index in [0.29, 0.717) is 10.8 Å². The first-order valence-electron chi connectivity index (χ1n) is 5.70. The number of nitrogens with one attached hydrogen (secondary N) is 1. The molecular weight excluding hydrogens is 250 g/mol. The van der Waals surface area contributed by atoms with Crippen molar-refractivity contribution in [3.63, 3.8) is 0 Å². The van der Waals surface area contributed by atoms with Gasteiger partial charge in [0.15, 0.2) is 0 Å². The summed E-state index contributed by atoms with van der Waals surface area (Å²) in [7, 11) is 0. The Morgan fingerprint density at radius 1 is 1.17 bits per heavy atom. The van der Waals surface area contributed by atoms with Gasteiger partial charge in [0.2, 0.25) is 0 Å². The van der Waals surface area contributed by atoms with Crippen LogP contribution in [0.4, 0.5) is 0 Å². The summed E-state index contributed by atoms with van der Waals surface area (Å²) in [5, 5.41) is 11.6. The predicted octanol–water partition coefficient (Wildman–Crippen LogP) is 2.39. The van der Waals surface area contributed by atoms with E-state index in [2.05, 4.69) is 19.2 Å². The van der Waals surface area contributed by atoms with Gasteiger partial charge in [0, 0.05) is 15.7 Å². The molecule has 1 aromatic carbocycles. The van der Waals surface area contributed by atoms with Gasteiger partial charge in [0.25, 0.3) is 5.91 Å². The highest BCUT2D eigenvalue weighted by atomic mass is 32.2. The molecule has 0 fully saturated rings. The van der Waals surface area contributed by atoms with Gasteiger partial charge < -0.3 is 10.4 Å². The van der Waals surface area contributed by atoms with Crippen molar-refractivity contribution in [2.75, 3.05) is 0 Å². The van der Waals surface area contributed by atoms with Crippen LogP contribution in [0.3, 0.4) is 0 Å². The van der Waals surface area contributed by atoms with Gasteiger partial charge >= 0.3 is 5.97 Å². The van der Waals surface area contributed by atoms with E-state index >= 15 is 0 Å². The molecule has 18 heavy (non-hydrogen) atoms. The van der Waals surface area contributed by atoms with Crippen molar-refractivity contribution in [3.8, 4) is 0 Å². The minimum atomic E-state index is -1.05. The molecule has 4 nitrogen and oxygen atoms in total. The standard InChI is InChI=1S/C13H17NO3S/c1-8(2)18-11-6-4-10(5-7-11)12(15)14-9(3)13(16)17/h4-9H,1-3H3,(H,14,15)(H,16,17)/t9-/m1/s1. The van der Waals surface area contributed by atoms with E-state index in [4.69, 9.17) is 5.11 Å². The molecule has 0 saturated carbocycles. The lowest BCUT2D eigenvalue weighted by atomic mass is 10.2. The van der Waals surface area contributed by atoms with Crippen LogP contribution in [0, 0.1) is 0 Å². The van der Waals surface area contributed by atoms with Gasteiger partial charge in [-0.25, -0.2) is 0 Å². The Morgan fingerprint density at radius 3 is 2.17 bits per heavy atom. The van der Waals surface area contributed by atoms with Crippen molar-refractivity contribution in [1.82, 2.24) is 5.32 Å². The lowest BCUT2D eigenvalue weighted by molar-refractivity contribution is -0.138. The summed E-state index contributed by atoms with van der Waals surface area (Å²) in [4.78, 5) is 23.4. The number of rotatable bonds is 5. The molecule has 1 rings (SSSR count). The van der Waals surface area contributed by atoms with E-state index in [9.17, 15) is 9.59 Å². The Labute approximate surface area is 111 Å². The van der Waals surface area contributed by atoms with Crippen molar-refractivity contribution >= 4 is 23.6 Å². The lowest BCUT2D eigenvalue weighted by Crippen LogP contribution is -2.38. The fourth-order valence-electron chi connectivity index (χ4n) is 1.30. The number of amides is 1. The van der Waals surface area contributed by atoms with E-state index < -0.39 is 12.0 Å². The second-order valence-corrected chi connectivity index (χ2v) is 5.87. The molecule has 0 aromatic heterocycles. The highest BCUT2D eigenvalue weighted by molar-refractivity contribution is 7.99. The molecule has 98 valence electrons. The fraction of sp³-hybridized carbons (Fsp3) is 0.385. The van der Waals surface area contributed by atoms with Gasteiger partial charge in [0.05, 0.1) is 0 Å². The number of carboxylic acids is 1. The van der Waals surface area contributed by atoms with E-state index in [1.54, 1.807) is 23.9 Å². The van der Waals surface area contributed by atoms with Gasteiger partial charge in [-0.3, -0.25) is 9.59 Å². The minimum Gasteiger partial charge on any atom is -0.480 e. The molecule has 0 aliphatic heterocycles. The molecule has 0 bridgehead atoms. The molecule has 0 aliphatic rings. The van der Waals surface area contributed by atoms with Crippen LogP contribution in [-0.4, -0.2) is 28.3 Å². The van der Waals surface area contributed by atoms with Crippen molar-refractivity contribution < 1.29 is 14.7 Å². The highest BCUT2D eigenvalue weighted by Gasteiger charge is 2.15. The fourth-order valence-corrected chi connectivity index (χ4v) is 2.14. The Balaban J connectivity index is 2.67. The van der Waals surface area contributed by atoms with Crippen molar-refractivity contribution in [2.24, 2.45) is 0 Å². The Morgan fingerprint density at radius 2 is 1.72 bits per heavy atom.